The van der Waals surface area contributed by atoms with Crippen molar-refractivity contribution in [3.05, 3.63) is 155 Å². The van der Waals surface area contributed by atoms with E-state index in [-0.39, 0.29) is 17.5 Å². The van der Waals surface area contributed by atoms with Crippen molar-refractivity contribution in [2.24, 2.45) is 0 Å². The molecule has 0 bridgehead atoms. The van der Waals surface area contributed by atoms with Gasteiger partial charge in [0.15, 0.2) is 0 Å². The van der Waals surface area contributed by atoms with Gasteiger partial charge in [0.05, 0.1) is 22.4 Å². The lowest BCUT2D eigenvalue weighted by Crippen LogP contribution is -2.59. The van der Waals surface area contributed by atoms with Gasteiger partial charge in [-0.1, -0.05) is 167 Å². The molecular formula is C74H82BN3. The highest BCUT2D eigenvalue weighted by Gasteiger charge is 2.44. The van der Waals surface area contributed by atoms with Gasteiger partial charge in [0, 0.05) is 49.6 Å². The molecule has 0 amide bonds. The molecule has 396 valence electrons. The zero-order chi connectivity index (χ0) is 52.6. The minimum Gasteiger partial charge on any atom is -0.310 e. The quantitative estimate of drug-likeness (QED) is 0.145. The molecule has 7 aromatic carbocycles. The maximum atomic E-state index is 2.82. The van der Waals surface area contributed by atoms with Crippen molar-refractivity contribution < 1.29 is 0 Å². The summed E-state index contributed by atoms with van der Waals surface area (Å²) in [5, 5.41) is 5.87. The summed E-state index contributed by atoms with van der Waals surface area (Å²) >= 11 is 0. The van der Waals surface area contributed by atoms with Crippen molar-refractivity contribution in [1.82, 2.24) is 9.13 Å². The molecule has 0 radical (unpaired) electrons. The van der Waals surface area contributed by atoms with E-state index in [0.29, 0.717) is 23.7 Å². The highest BCUT2D eigenvalue weighted by Crippen LogP contribution is 2.49. The molecule has 15 rings (SSSR count). The largest absolute Gasteiger partial charge is 0.310 e. The van der Waals surface area contributed by atoms with E-state index in [1.54, 1.807) is 22.3 Å². The Kier molecular flexibility index (Phi) is 11.8. The third-order valence-corrected chi connectivity index (χ3v) is 21.0. The minimum absolute atomic E-state index is 0.0427. The van der Waals surface area contributed by atoms with Gasteiger partial charge < -0.3 is 14.0 Å². The first-order valence-corrected chi connectivity index (χ1v) is 31.4. The van der Waals surface area contributed by atoms with Crippen LogP contribution in [0.15, 0.2) is 121 Å². The van der Waals surface area contributed by atoms with Gasteiger partial charge in [0.2, 0.25) is 0 Å². The summed E-state index contributed by atoms with van der Waals surface area (Å²) in [6.07, 6.45) is 26.6. The van der Waals surface area contributed by atoms with Crippen LogP contribution in [0.3, 0.4) is 0 Å². The SMILES string of the molecule is CC(C)(C)c1ccc(N(c2ccc(C(C)(C)C)cc2)c2ccc3c4c2-n2c5ccc(C6CCCCC6)cc5c5cc(C6CCCCC6)cc(c52)B4c2cc(C4CCCCC4)cc4c5cc(C6CCCCC6)ccc5n-3c24)cc1. The Morgan fingerprint density at radius 2 is 0.769 bits per heavy atom. The molecule has 4 heteroatoms. The van der Waals surface area contributed by atoms with Gasteiger partial charge in [0.1, 0.15) is 0 Å². The number of rotatable bonds is 7. The van der Waals surface area contributed by atoms with Crippen LogP contribution in [0.1, 0.15) is 227 Å². The zero-order valence-corrected chi connectivity index (χ0v) is 47.9. The van der Waals surface area contributed by atoms with E-state index >= 15 is 0 Å². The van der Waals surface area contributed by atoms with Crippen LogP contribution in [0.4, 0.5) is 17.1 Å². The molecule has 9 aromatic rings. The van der Waals surface area contributed by atoms with Gasteiger partial charge in [-0.3, -0.25) is 0 Å². The van der Waals surface area contributed by atoms with Crippen LogP contribution in [0.25, 0.3) is 55.0 Å². The molecule has 4 heterocycles. The number of benzene rings is 7. The third-order valence-electron chi connectivity index (χ3n) is 21.0. The lowest BCUT2D eigenvalue weighted by atomic mass is 9.34. The first-order chi connectivity index (χ1) is 38.0. The fraction of sp³-hybridized carbons (Fsp3) is 0.432. The number of hydrogen-bond acceptors (Lipinski definition) is 1. The van der Waals surface area contributed by atoms with Gasteiger partial charge in [-0.15, -0.1) is 0 Å². The average molecular weight is 1020 g/mol. The predicted molar refractivity (Wildman–Crippen MR) is 335 cm³/mol. The fourth-order valence-corrected chi connectivity index (χ4v) is 16.7. The lowest BCUT2D eigenvalue weighted by Gasteiger charge is -2.38. The summed E-state index contributed by atoms with van der Waals surface area (Å²) < 4.78 is 5.59. The normalized spacial score (nSPS) is 18.7. The van der Waals surface area contributed by atoms with Crippen molar-refractivity contribution >= 4 is 83.8 Å². The maximum absolute atomic E-state index is 2.82. The Bertz CT molecular complexity index is 3730. The number of nitrogens with zero attached hydrogens (tertiary/aromatic N) is 3. The van der Waals surface area contributed by atoms with E-state index in [9.17, 15) is 0 Å². The molecular weight excluding hydrogens is 942 g/mol. The summed E-state index contributed by atoms with van der Waals surface area (Å²) in [5.74, 6) is 2.47. The lowest BCUT2D eigenvalue weighted by molar-refractivity contribution is 0.444. The second-order valence-electron chi connectivity index (χ2n) is 27.8. The third kappa shape index (κ3) is 7.93. The Balaban J connectivity index is 1.08. The molecule has 2 aliphatic heterocycles. The van der Waals surface area contributed by atoms with Gasteiger partial charge in [0.25, 0.3) is 6.71 Å². The van der Waals surface area contributed by atoms with Crippen LogP contribution in [-0.4, -0.2) is 15.8 Å². The fourth-order valence-electron chi connectivity index (χ4n) is 16.7. The molecule has 0 N–H and O–H groups in total. The summed E-state index contributed by atoms with van der Waals surface area (Å²) in [5.41, 5.74) is 25.6. The number of anilines is 3. The topological polar surface area (TPSA) is 13.1 Å². The second kappa shape index (κ2) is 18.8. The number of fused-ring (bicyclic) bond motifs is 10. The molecule has 3 nitrogen and oxygen atoms in total. The van der Waals surface area contributed by atoms with Crippen molar-refractivity contribution in [1.29, 1.82) is 0 Å². The van der Waals surface area contributed by atoms with Crippen LogP contribution in [0.2, 0.25) is 0 Å². The number of aromatic nitrogens is 2. The molecule has 78 heavy (non-hydrogen) atoms. The highest BCUT2D eigenvalue weighted by molar-refractivity contribution is 7.00. The van der Waals surface area contributed by atoms with Crippen LogP contribution in [0, 0.1) is 0 Å². The Labute approximate surface area is 465 Å². The van der Waals surface area contributed by atoms with E-state index in [4.69, 9.17) is 0 Å². The van der Waals surface area contributed by atoms with Crippen LogP contribution in [-0.2, 0) is 10.8 Å². The predicted octanol–water partition coefficient (Wildman–Crippen LogP) is 19.3. The van der Waals surface area contributed by atoms with Crippen LogP contribution in [0.5, 0.6) is 0 Å². The molecule has 0 spiro atoms. The molecule has 0 atom stereocenters. The highest BCUT2D eigenvalue weighted by atomic mass is 15.2. The van der Waals surface area contributed by atoms with Crippen LogP contribution >= 0.6 is 0 Å². The smallest absolute Gasteiger partial charge is 0.252 e. The minimum atomic E-state index is 0.0427. The second-order valence-corrected chi connectivity index (χ2v) is 27.8. The first kappa shape index (κ1) is 49.1. The summed E-state index contributed by atoms with van der Waals surface area (Å²) in [4.78, 5) is 2.63. The Hall–Kier alpha value is -6.00. The monoisotopic (exact) mass is 1020 g/mol. The molecule has 6 aliphatic rings. The average Bonchev–Trinajstić information content (AvgIpc) is 4.02. The molecule has 0 unspecified atom stereocenters. The standard InChI is InChI=1S/C74H82BN3/c1-73(2,3)55-29-33-57(34-30-55)76(58-35-31-56(32-36-58)74(4,5)6)68-40-39-67-69-72(68)78-66-38-28-52(48-21-13-8-14-22-48)42-60(66)62-44-54(50-25-17-10-18-26-50)46-64(71(62)78)75(69)63-45-53(49-23-15-9-16-24-49)43-61-59-41-51(47-19-11-7-12-20-47)27-37-65(59)77(67)70(61)63/h27-50H,7-26H2,1-6H3. The van der Waals surface area contributed by atoms with E-state index in [1.165, 1.54) is 228 Å². The Morgan fingerprint density at radius 3 is 1.19 bits per heavy atom. The van der Waals surface area contributed by atoms with Gasteiger partial charge in [-0.05, 0) is 208 Å². The van der Waals surface area contributed by atoms with Crippen LogP contribution < -0.4 is 21.3 Å². The van der Waals surface area contributed by atoms with Crippen molar-refractivity contribution in [3.63, 3.8) is 0 Å². The van der Waals surface area contributed by atoms with Crippen molar-refractivity contribution in [2.45, 2.75) is 204 Å². The molecule has 2 aromatic heterocycles. The van der Waals surface area contributed by atoms with Gasteiger partial charge in [-0.2, -0.15) is 0 Å². The van der Waals surface area contributed by atoms with E-state index < -0.39 is 0 Å². The molecule has 4 aliphatic carbocycles. The maximum Gasteiger partial charge on any atom is 0.252 e. The summed E-state index contributed by atoms with van der Waals surface area (Å²) in [6.45, 7) is 14.1. The molecule has 4 fully saturated rings. The van der Waals surface area contributed by atoms with E-state index in [0.717, 1.165) is 0 Å². The number of hydrogen-bond donors (Lipinski definition) is 0. The van der Waals surface area contributed by atoms with E-state index in [2.05, 4.69) is 177 Å². The molecule has 4 saturated carbocycles. The van der Waals surface area contributed by atoms with Crippen molar-refractivity contribution in [2.75, 3.05) is 4.90 Å². The molecule has 0 saturated heterocycles. The van der Waals surface area contributed by atoms with E-state index in [1.807, 2.05) is 0 Å². The zero-order valence-electron chi connectivity index (χ0n) is 47.9. The Morgan fingerprint density at radius 1 is 0.385 bits per heavy atom. The van der Waals surface area contributed by atoms with Crippen molar-refractivity contribution in [3.8, 4) is 11.4 Å². The first-order valence-electron chi connectivity index (χ1n) is 31.4. The van der Waals surface area contributed by atoms with Gasteiger partial charge >= 0.3 is 0 Å². The summed E-state index contributed by atoms with van der Waals surface area (Å²) in [6, 6.07) is 50.9. The summed E-state index contributed by atoms with van der Waals surface area (Å²) in [7, 11) is 0. The van der Waals surface area contributed by atoms with Gasteiger partial charge in [-0.25, -0.2) is 0 Å².